The summed E-state index contributed by atoms with van der Waals surface area (Å²) in [5, 5.41) is 9.65. The molecular formula is C21H24ClN5O2. The molecule has 1 aliphatic heterocycles. The van der Waals surface area contributed by atoms with Crippen molar-refractivity contribution in [3.8, 4) is 0 Å². The van der Waals surface area contributed by atoms with Crippen LogP contribution in [0, 0.1) is 0 Å². The van der Waals surface area contributed by atoms with Crippen LogP contribution in [0.2, 0.25) is 5.02 Å². The fourth-order valence-electron chi connectivity index (χ4n) is 3.15. The highest BCUT2D eigenvalue weighted by molar-refractivity contribution is 6.33. The maximum atomic E-state index is 12.3. The van der Waals surface area contributed by atoms with E-state index in [1.807, 2.05) is 30.3 Å². The number of halogens is 1. The third-order valence-corrected chi connectivity index (χ3v) is 4.91. The second-order valence-corrected chi connectivity index (χ2v) is 7.03. The third kappa shape index (κ3) is 5.48. The van der Waals surface area contributed by atoms with Crippen molar-refractivity contribution in [3.63, 3.8) is 0 Å². The van der Waals surface area contributed by atoms with Crippen LogP contribution in [-0.4, -0.2) is 50.5 Å². The van der Waals surface area contributed by atoms with Gasteiger partial charge in [-0.15, -0.1) is 0 Å². The summed E-state index contributed by atoms with van der Waals surface area (Å²) in [6.07, 6.45) is 0.402. The van der Waals surface area contributed by atoms with Gasteiger partial charge < -0.3 is 20.9 Å². The fraction of sp³-hybridized carbons (Fsp3) is 0.286. The second-order valence-electron chi connectivity index (χ2n) is 6.62. The summed E-state index contributed by atoms with van der Waals surface area (Å²) in [6.45, 7) is 1.47. The van der Waals surface area contributed by atoms with Crippen LogP contribution in [0.1, 0.15) is 16.8 Å². The normalized spacial score (nSPS) is 16.6. The van der Waals surface area contributed by atoms with Crippen molar-refractivity contribution in [2.24, 2.45) is 4.99 Å². The van der Waals surface area contributed by atoms with E-state index in [-0.39, 0.29) is 17.9 Å². The topological polar surface area (TPSA) is 85.8 Å². The number of aliphatic imine (C=N–C) groups is 1. The first kappa shape index (κ1) is 20.7. The lowest BCUT2D eigenvalue weighted by atomic mass is 10.2. The number of nitrogens with one attached hydrogen (secondary N) is 3. The van der Waals surface area contributed by atoms with Gasteiger partial charge in [0.25, 0.3) is 5.91 Å². The van der Waals surface area contributed by atoms with Gasteiger partial charge in [0.1, 0.15) is 0 Å². The average molecular weight is 414 g/mol. The lowest BCUT2D eigenvalue weighted by molar-refractivity contribution is -0.117. The van der Waals surface area contributed by atoms with Crippen molar-refractivity contribution in [1.29, 1.82) is 0 Å². The lowest BCUT2D eigenvalue weighted by Crippen LogP contribution is -2.46. The Labute approximate surface area is 175 Å². The number of hydrogen-bond acceptors (Lipinski definition) is 3. The van der Waals surface area contributed by atoms with Crippen molar-refractivity contribution < 1.29 is 9.59 Å². The van der Waals surface area contributed by atoms with Crippen LogP contribution in [-0.2, 0) is 4.79 Å². The van der Waals surface area contributed by atoms with Crippen molar-refractivity contribution in [1.82, 2.24) is 16.0 Å². The molecule has 29 heavy (non-hydrogen) atoms. The monoisotopic (exact) mass is 413 g/mol. The van der Waals surface area contributed by atoms with Crippen LogP contribution < -0.4 is 20.9 Å². The van der Waals surface area contributed by atoms with Crippen LogP contribution in [0.3, 0.4) is 0 Å². The molecule has 7 nitrogen and oxygen atoms in total. The largest absolute Gasteiger partial charge is 0.355 e. The number of carbonyl (C=O) groups is 2. The third-order valence-electron chi connectivity index (χ3n) is 4.58. The van der Waals surface area contributed by atoms with E-state index in [1.54, 1.807) is 36.2 Å². The SMILES string of the molecule is CN=C(NCCNC(=O)c1ccccc1Cl)NC1CC(=O)N(c2ccccc2)C1. The molecule has 3 rings (SSSR count). The molecule has 0 aliphatic carbocycles. The highest BCUT2D eigenvalue weighted by atomic mass is 35.5. The molecule has 1 saturated heterocycles. The zero-order chi connectivity index (χ0) is 20.6. The highest BCUT2D eigenvalue weighted by Gasteiger charge is 2.30. The van der Waals surface area contributed by atoms with Gasteiger partial charge in [0.2, 0.25) is 5.91 Å². The zero-order valence-corrected chi connectivity index (χ0v) is 16.9. The maximum Gasteiger partial charge on any atom is 0.252 e. The molecule has 0 spiro atoms. The van der Waals surface area contributed by atoms with Gasteiger partial charge >= 0.3 is 0 Å². The van der Waals surface area contributed by atoms with Crippen LogP contribution in [0.5, 0.6) is 0 Å². The molecule has 1 aliphatic rings. The maximum absolute atomic E-state index is 12.3. The van der Waals surface area contributed by atoms with Crippen LogP contribution >= 0.6 is 11.6 Å². The predicted octanol–water partition coefficient (Wildman–Crippen LogP) is 2.04. The summed E-state index contributed by atoms with van der Waals surface area (Å²) in [4.78, 5) is 30.4. The van der Waals surface area contributed by atoms with Gasteiger partial charge in [0.05, 0.1) is 16.6 Å². The Kier molecular flexibility index (Phi) is 7.08. The Morgan fingerprint density at radius 1 is 1.10 bits per heavy atom. The van der Waals surface area contributed by atoms with Gasteiger partial charge in [-0.05, 0) is 24.3 Å². The first-order chi connectivity index (χ1) is 14.1. The van der Waals surface area contributed by atoms with E-state index >= 15 is 0 Å². The number of anilines is 1. The van der Waals surface area contributed by atoms with Gasteiger partial charge in [-0.1, -0.05) is 41.9 Å². The van der Waals surface area contributed by atoms with E-state index in [0.717, 1.165) is 5.69 Å². The molecule has 2 amide bonds. The summed E-state index contributed by atoms with van der Waals surface area (Å²) < 4.78 is 0. The van der Waals surface area contributed by atoms with E-state index < -0.39 is 0 Å². The smallest absolute Gasteiger partial charge is 0.252 e. The van der Waals surface area contributed by atoms with Gasteiger partial charge in [0, 0.05) is 38.8 Å². The molecule has 1 atom stereocenters. The highest BCUT2D eigenvalue weighted by Crippen LogP contribution is 2.20. The Balaban J connectivity index is 1.44. The van der Waals surface area contributed by atoms with Gasteiger partial charge in [0.15, 0.2) is 5.96 Å². The molecule has 0 bridgehead atoms. The van der Waals surface area contributed by atoms with Crippen LogP contribution in [0.4, 0.5) is 5.69 Å². The summed E-state index contributed by atoms with van der Waals surface area (Å²) in [6, 6.07) is 16.5. The molecule has 8 heteroatoms. The average Bonchev–Trinajstić information content (AvgIpc) is 3.11. The standard InChI is InChI=1S/C21H24ClN5O2/c1-23-21(25-12-11-24-20(29)17-9-5-6-10-18(17)22)26-15-13-19(28)27(14-15)16-7-3-2-4-8-16/h2-10,15H,11-14H2,1H3,(H,24,29)(H2,23,25,26). The van der Waals surface area contributed by atoms with Crippen molar-refractivity contribution in [2.75, 3.05) is 31.6 Å². The molecule has 0 aromatic heterocycles. The molecule has 2 aromatic carbocycles. The zero-order valence-electron chi connectivity index (χ0n) is 16.2. The van der Waals surface area contributed by atoms with Gasteiger partial charge in [-0.3, -0.25) is 14.6 Å². The number of rotatable bonds is 6. The Morgan fingerprint density at radius 2 is 1.79 bits per heavy atom. The fourth-order valence-corrected chi connectivity index (χ4v) is 3.37. The Hall–Kier alpha value is -3.06. The summed E-state index contributed by atoms with van der Waals surface area (Å²) in [5.74, 6) is 0.445. The summed E-state index contributed by atoms with van der Waals surface area (Å²) in [7, 11) is 1.67. The number of benzene rings is 2. The molecule has 152 valence electrons. The van der Waals surface area contributed by atoms with Crippen LogP contribution in [0.15, 0.2) is 59.6 Å². The minimum absolute atomic E-state index is 0.0355. The molecule has 0 radical (unpaired) electrons. The minimum atomic E-state index is -0.222. The molecular weight excluding hydrogens is 390 g/mol. The second kappa shape index (κ2) is 9.93. The lowest BCUT2D eigenvalue weighted by Gasteiger charge is -2.19. The molecule has 0 saturated carbocycles. The number of amides is 2. The van der Waals surface area contributed by atoms with E-state index in [1.165, 1.54) is 0 Å². The van der Waals surface area contributed by atoms with Crippen LogP contribution in [0.25, 0.3) is 0 Å². The number of nitrogens with zero attached hydrogens (tertiary/aromatic N) is 2. The van der Waals surface area contributed by atoms with E-state index in [4.69, 9.17) is 11.6 Å². The van der Waals surface area contributed by atoms with E-state index in [2.05, 4.69) is 20.9 Å². The van der Waals surface area contributed by atoms with Gasteiger partial charge in [-0.25, -0.2) is 0 Å². The number of hydrogen-bond donors (Lipinski definition) is 3. The van der Waals surface area contributed by atoms with Crippen molar-refractivity contribution in [2.45, 2.75) is 12.5 Å². The molecule has 3 N–H and O–H groups in total. The molecule has 1 unspecified atom stereocenters. The number of para-hydroxylation sites is 1. The summed E-state index contributed by atoms with van der Waals surface area (Å²) >= 11 is 6.03. The molecule has 2 aromatic rings. The number of guanidine groups is 1. The Bertz CT molecular complexity index is 888. The van der Waals surface area contributed by atoms with E-state index in [0.29, 0.717) is 42.6 Å². The Morgan fingerprint density at radius 3 is 2.52 bits per heavy atom. The predicted molar refractivity (Wildman–Crippen MR) is 115 cm³/mol. The molecule has 1 fully saturated rings. The van der Waals surface area contributed by atoms with Gasteiger partial charge in [-0.2, -0.15) is 0 Å². The summed E-state index contributed by atoms with van der Waals surface area (Å²) in [5.41, 5.74) is 1.34. The first-order valence-electron chi connectivity index (χ1n) is 9.44. The van der Waals surface area contributed by atoms with Crippen molar-refractivity contribution >= 4 is 35.1 Å². The quantitative estimate of drug-likeness (QED) is 0.384. The molecule has 1 heterocycles. The van der Waals surface area contributed by atoms with E-state index in [9.17, 15) is 9.59 Å². The minimum Gasteiger partial charge on any atom is -0.355 e. The first-order valence-corrected chi connectivity index (χ1v) is 9.81. The van der Waals surface area contributed by atoms with Crippen molar-refractivity contribution in [3.05, 3.63) is 65.2 Å². The number of carbonyl (C=O) groups excluding carboxylic acids is 2.